The first-order chi connectivity index (χ1) is 12.5. The van der Waals surface area contributed by atoms with E-state index in [1.54, 1.807) is 0 Å². The van der Waals surface area contributed by atoms with Crippen molar-refractivity contribution in [3.05, 3.63) is 65.4 Å². The first-order valence-electron chi connectivity index (χ1n) is 8.50. The molecule has 134 valence electrons. The third-order valence-electron chi connectivity index (χ3n) is 4.09. The van der Waals surface area contributed by atoms with Crippen molar-refractivity contribution in [1.29, 1.82) is 5.26 Å². The molecule has 0 fully saturated rings. The smallest absolute Gasteiger partial charge is 0.267 e. The summed E-state index contributed by atoms with van der Waals surface area (Å²) in [6.45, 7) is 3.97. The molecule has 0 radical (unpaired) electrons. The van der Waals surface area contributed by atoms with Gasteiger partial charge in [0.1, 0.15) is 11.6 Å². The van der Waals surface area contributed by atoms with E-state index in [0.717, 1.165) is 34.6 Å². The van der Waals surface area contributed by atoms with Gasteiger partial charge >= 0.3 is 0 Å². The van der Waals surface area contributed by atoms with E-state index in [2.05, 4.69) is 10.6 Å². The molecule has 0 aromatic heterocycles. The number of para-hydroxylation sites is 1. The van der Waals surface area contributed by atoms with Gasteiger partial charge in [0.05, 0.1) is 0 Å². The van der Waals surface area contributed by atoms with Crippen LogP contribution in [0.2, 0.25) is 0 Å². The molecule has 0 saturated carbocycles. The van der Waals surface area contributed by atoms with Gasteiger partial charge in [-0.15, -0.1) is 0 Å². The lowest BCUT2D eigenvalue weighted by atomic mass is 10.1. The first kappa shape index (κ1) is 19.1. The zero-order valence-corrected chi connectivity index (χ0v) is 15.6. The highest BCUT2D eigenvalue weighted by molar-refractivity contribution is 6.07. The highest BCUT2D eigenvalue weighted by atomic mass is 16.1. The zero-order chi connectivity index (χ0) is 19.1. The van der Waals surface area contributed by atoms with Gasteiger partial charge in [0.15, 0.2) is 0 Å². The van der Waals surface area contributed by atoms with Crippen LogP contribution >= 0.6 is 0 Å². The number of nitrogens with one attached hydrogen (secondary N) is 2. The van der Waals surface area contributed by atoms with Gasteiger partial charge in [0.25, 0.3) is 5.91 Å². The van der Waals surface area contributed by atoms with Crippen LogP contribution < -0.4 is 15.5 Å². The summed E-state index contributed by atoms with van der Waals surface area (Å²) in [6.07, 6.45) is 2.24. The fourth-order valence-corrected chi connectivity index (χ4v) is 2.56. The summed E-state index contributed by atoms with van der Waals surface area (Å²) >= 11 is 0. The average Bonchev–Trinajstić information content (AvgIpc) is 2.64. The third kappa shape index (κ3) is 4.64. The Hall–Kier alpha value is -3.26. The Morgan fingerprint density at radius 1 is 1.23 bits per heavy atom. The number of hydrogen-bond donors (Lipinski definition) is 2. The van der Waals surface area contributed by atoms with E-state index >= 15 is 0 Å². The average molecular weight is 348 g/mol. The summed E-state index contributed by atoms with van der Waals surface area (Å²) in [4.78, 5) is 14.5. The van der Waals surface area contributed by atoms with Gasteiger partial charge in [-0.25, -0.2) is 0 Å². The molecule has 1 amide bonds. The maximum absolute atomic E-state index is 12.5. The lowest BCUT2D eigenvalue weighted by Gasteiger charge is -2.14. The Morgan fingerprint density at radius 3 is 2.62 bits per heavy atom. The molecule has 0 spiro atoms. The van der Waals surface area contributed by atoms with Crippen molar-refractivity contribution in [1.82, 2.24) is 0 Å². The molecule has 0 aliphatic rings. The molecule has 0 aliphatic heterocycles. The Balaban J connectivity index is 2.18. The normalized spacial score (nSPS) is 10.8. The number of anilines is 3. The van der Waals surface area contributed by atoms with E-state index in [1.165, 1.54) is 6.20 Å². The quantitative estimate of drug-likeness (QED) is 0.610. The standard InChI is InChI=1S/C21H24N4O/c1-5-16-9-6-8-15(2)20(16)24-21(26)17(13-22)14-23-18-10-7-11-19(12-18)25(3)4/h6-12,14,23H,5H2,1-4H3,(H,24,26)/b17-14-. The van der Waals surface area contributed by atoms with E-state index in [0.29, 0.717) is 0 Å². The SMILES string of the molecule is CCc1cccc(C)c1NC(=O)/C(C#N)=C\Nc1cccc(N(C)C)c1. The fraction of sp³-hybridized carbons (Fsp3) is 0.238. The van der Waals surface area contributed by atoms with Crippen molar-refractivity contribution >= 4 is 23.0 Å². The number of nitriles is 1. The van der Waals surface area contributed by atoms with E-state index in [1.807, 2.05) is 81.4 Å². The Morgan fingerprint density at radius 2 is 1.96 bits per heavy atom. The van der Waals surface area contributed by atoms with Crippen molar-refractivity contribution < 1.29 is 4.79 Å². The Bertz CT molecular complexity index is 863. The summed E-state index contributed by atoms with van der Waals surface area (Å²) in [5, 5.41) is 15.3. The lowest BCUT2D eigenvalue weighted by Crippen LogP contribution is -2.16. The van der Waals surface area contributed by atoms with E-state index in [-0.39, 0.29) is 5.57 Å². The second-order valence-electron chi connectivity index (χ2n) is 6.18. The van der Waals surface area contributed by atoms with Crippen LogP contribution in [0.1, 0.15) is 18.1 Å². The molecule has 5 heteroatoms. The second-order valence-corrected chi connectivity index (χ2v) is 6.18. The minimum Gasteiger partial charge on any atom is -0.378 e. The van der Waals surface area contributed by atoms with Crippen LogP contribution in [0.5, 0.6) is 0 Å². The number of aryl methyl sites for hydroxylation is 2. The van der Waals surface area contributed by atoms with E-state index in [4.69, 9.17) is 0 Å². The maximum Gasteiger partial charge on any atom is 0.267 e. The molecule has 5 nitrogen and oxygen atoms in total. The predicted octanol–water partition coefficient (Wildman–Crippen LogP) is 4.08. The van der Waals surface area contributed by atoms with Crippen LogP contribution in [0.25, 0.3) is 0 Å². The van der Waals surface area contributed by atoms with Crippen molar-refractivity contribution in [2.24, 2.45) is 0 Å². The Kier molecular flexibility index (Phi) is 6.40. The number of nitrogens with zero attached hydrogens (tertiary/aromatic N) is 2. The molecule has 26 heavy (non-hydrogen) atoms. The molecule has 0 bridgehead atoms. The lowest BCUT2D eigenvalue weighted by molar-refractivity contribution is -0.112. The number of amides is 1. The van der Waals surface area contributed by atoms with Gasteiger partial charge in [-0.1, -0.05) is 31.2 Å². The van der Waals surface area contributed by atoms with Crippen molar-refractivity contribution in [3.8, 4) is 6.07 Å². The van der Waals surface area contributed by atoms with Gasteiger partial charge in [-0.2, -0.15) is 5.26 Å². The highest BCUT2D eigenvalue weighted by Gasteiger charge is 2.13. The van der Waals surface area contributed by atoms with Crippen LogP contribution in [0.4, 0.5) is 17.1 Å². The third-order valence-corrected chi connectivity index (χ3v) is 4.09. The molecular weight excluding hydrogens is 324 g/mol. The van der Waals surface area contributed by atoms with Crippen LogP contribution in [0, 0.1) is 18.3 Å². The van der Waals surface area contributed by atoms with Crippen molar-refractivity contribution in [3.63, 3.8) is 0 Å². The topological polar surface area (TPSA) is 68.2 Å². The van der Waals surface area contributed by atoms with Gasteiger partial charge in [0, 0.05) is 37.4 Å². The van der Waals surface area contributed by atoms with Crippen molar-refractivity contribution in [2.75, 3.05) is 29.6 Å². The summed E-state index contributed by atoms with van der Waals surface area (Å²) < 4.78 is 0. The summed E-state index contributed by atoms with van der Waals surface area (Å²) in [5.41, 5.74) is 4.64. The minimum absolute atomic E-state index is 0.0190. The van der Waals surface area contributed by atoms with Crippen LogP contribution in [-0.4, -0.2) is 20.0 Å². The first-order valence-corrected chi connectivity index (χ1v) is 8.50. The number of carbonyl (C=O) groups is 1. The summed E-state index contributed by atoms with van der Waals surface area (Å²) in [6, 6.07) is 15.6. The largest absolute Gasteiger partial charge is 0.378 e. The van der Waals surface area contributed by atoms with Gasteiger partial charge in [-0.3, -0.25) is 4.79 Å². The van der Waals surface area contributed by atoms with Crippen LogP contribution in [0.3, 0.4) is 0 Å². The number of hydrogen-bond acceptors (Lipinski definition) is 4. The molecule has 2 N–H and O–H groups in total. The molecule has 0 unspecified atom stereocenters. The summed E-state index contributed by atoms with van der Waals surface area (Å²) in [7, 11) is 3.91. The molecule has 0 saturated heterocycles. The highest BCUT2D eigenvalue weighted by Crippen LogP contribution is 2.22. The molecule has 0 heterocycles. The van der Waals surface area contributed by atoms with Gasteiger partial charge < -0.3 is 15.5 Å². The van der Waals surface area contributed by atoms with Crippen molar-refractivity contribution in [2.45, 2.75) is 20.3 Å². The van der Waals surface area contributed by atoms with E-state index in [9.17, 15) is 10.1 Å². The second kappa shape index (κ2) is 8.72. The molecule has 2 aromatic carbocycles. The number of rotatable bonds is 6. The van der Waals surface area contributed by atoms with Crippen LogP contribution in [-0.2, 0) is 11.2 Å². The minimum atomic E-state index is -0.423. The molecule has 2 rings (SSSR count). The molecule has 0 aliphatic carbocycles. The van der Waals surface area contributed by atoms with Gasteiger partial charge in [-0.05, 0) is 42.7 Å². The molecule has 0 atom stereocenters. The van der Waals surface area contributed by atoms with E-state index < -0.39 is 5.91 Å². The monoisotopic (exact) mass is 348 g/mol. The Labute approximate surface area is 154 Å². The van der Waals surface area contributed by atoms with Crippen LogP contribution in [0.15, 0.2) is 54.2 Å². The van der Waals surface area contributed by atoms with Gasteiger partial charge in [0.2, 0.25) is 0 Å². The predicted molar refractivity (Wildman–Crippen MR) is 107 cm³/mol. The zero-order valence-electron chi connectivity index (χ0n) is 15.6. The summed E-state index contributed by atoms with van der Waals surface area (Å²) in [5.74, 6) is -0.423. The molecular formula is C21H24N4O. The maximum atomic E-state index is 12.5. The number of carbonyl (C=O) groups excluding carboxylic acids is 1. The fourth-order valence-electron chi connectivity index (χ4n) is 2.56. The molecule has 2 aromatic rings. The number of benzene rings is 2.